The average molecular weight is 284 g/mol. The van der Waals surface area contributed by atoms with Crippen LogP contribution in [-0.2, 0) is 0 Å². The number of rotatable bonds is 2. The summed E-state index contributed by atoms with van der Waals surface area (Å²) >= 11 is 3.10. The molecule has 0 radical (unpaired) electrons. The SMILES string of the molecule is Cc1cc(ON)c(Br)cc1[N+](=O)[O-].Cl. The van der Waals surface area contributed by atoms with Crippen LogP contribution in [0.5, 0.6) is 5.75 Å². The van der Waals surface area contributed by atoms with Crippen molar-refractivity contribution >= 4 is 34.0 Å². The van der Waals surface area contributed by atoms with E-state index in [0.29, 0.717) is 15.8 Å². The lowest BCUT2D eigenvalue weighted by Crippen LogP contribution is -2.03. The van der Waals surface area contributed by atoms with Crippen LogP contribution in [0, 0.1) is 17.0 Å². The van der Waals surface area contributed by atoms with Crippen LogP contribution in [0.3, 0.4) is 0 Å². The van der Waals surface area contributed by atoms with Crippen LogP contribution in [0.25, 0.3) is 0 Å². The number of aryl methyl sites for hydroxylation is 1. The lowest BCUT2D eigenvalue weighted by Gasteiger charge is -2.03. The van der Waals surface area contributed by atoms with Gasteiger partial charge >= 0.3 is 0 Å². The Bertz CT molecular complexity index is 359. The van der Waals surface area contributed by atoms with Crippen molar-refractivity contribution in [3.05, 3.63) is 32.3 Å². The molecule has 14 heavy (non-hydrogen) atoms. The Kier molecular flexibility index (Phi) is 4.82. The first kappa shape index (κ1) is 13.2. The van der Waals surface area contributed by atoms with Crippen LogP contribution in [-0.4, -0.2) is 4.92 Å². The van der Waals surface area contributed by atoms with E-state index in [1.807, 2.05) is 0 Å². The quantitative estimate of drug-likeness (QED) is 0.667. The Morgan fingerprint density at radius 3 is 2.57 bits per heavy atom. The third-order valence-corrected chi connectivity index (χ3v) is 2.19. The van der Waals surface area contributed by atoms with Gasteiger partial charge in [-0.15, -0.1) is 12.4 Å². The van der Waals surface area contributed by atoms with E-state index in [1.165, 1.54) is 12.1 Å². The molecule has 78 valence electrons. The first-order chi connectivity index (χ1) is 6.06. The predicted octanol–water partition coefficient (Wildman–Crippen LogP) is 2.34. The number of hydrogen-bond acceptors (Lipinski definition) is 4. The Morgan fingerprint density at radius 1 is 1.57 bits per heavy atom. The monoisotopic (exact) mass is 282 g/mol. The maximum absolute atomic E-state index is 10.5. The molecule has 0 unspecified atom stereocenters. The average Bonchev–Trinajstić information content (AvgIpc) is 2.07. The van der Waals surface area contributed by atoms with Crippen LogP contribution in [0.1, 0.15) is 5.56 Å². The first-order valence-electron chi connectivity index (χ1n) is 3.37. The van der Waals surface area contributed by atoms with Gasteiger partial charge in [-0.2, -0.15) is 5.90 Å². The standard InChI is InChI=1S/C7H7BrN2O3.ClH/c1-4-2-7(13-9)5(8)3-6(4)10(11)12;/h2-3H,9H2,1H3;1H. The fourth-order valence-electron chi connectivity index (χ4n) is 0.932. The fraction of sp³-hybridized carbons (Fsp3) is 0.143. The highest BCUT2D eigenvalue weighted by atomic mass is 79.9. The van der Waals surface area contributed by atoms with E-state index in [2.05, 4.69) is 20.8 Å². The molecule has 5 nitrogen and oxygen atoms in total. The summed E-state index contributed by atoms with van der Waals surface area (Å²) in [6.07, 6.45) is 0. The zero-order chi connectivity index (χ0) is 10.0. The Morgan fingerprint density at radius 2 is 2.14 bits per heavy atom. The molecule has 0 aliphatic carbocycles. The summed E-state index contributed by atoms with van der Waals surface area (Å²) in [5.74, 6) is 5.32. The van der Waals surface area contributed by atoms with Gasteiger partial charge in [0, 0.05) is 11.6 Å². The number of benzene rings is 1. The van der Waals surface area contributed by atoms with Crippen LogP contribution in [0.2, 0.25) is 0 Å². The third-order valence-electron chi connectivity index (χ3n) is 1.57. The highest BCUT2D eigenvalue weighted by molar-refractivity contribution is 9.10. The highest BCUT2D eigenvalue weighted by Gasteiger charge is 2.14. The minimum atomic E-state index is -0.458. The summed E-state index contributed by atoms with van der Waals surface area (Å²) < 4.78 is 0.465. The molecular weight excluding hydrogens is 275 g/mol. The summed E-state index contributed by atoms with van der Waals surface area (Å²) in [5, 5.41) is 10.5. The summed E-state index contributed by atoms with van der Waals surface area (Å²) in [4.78, 5) is 14.5. The van der Waals surface area contributed by atoms with E-state index in [-0.39, 0.29) is 18.1 Å². The van der Waals surface area contributed by atoms with E-state index in [1.54, 1.807) is 6.92 Å². The fourth-order valence-corrected chi connectivity index (χ4v) is 1.36. The molecule has 1 rings (SSSR count). The van der Waals surface area contributed by atoms with Crippen molar-refractivity contribution in [3.63, 3.8) is 0 Å². The maximum Gasteiger partial charge on any atom is 0.273 e. The second-order valence-electron chi connectivity index (χ2n) is 2.44. The minimum absolute atomic E-state index is 0. The number of nitrogens with zero attached hydrogens (tertiary/aromatic N) is 1. The smallest absolute Gasteiger partial charge is 0.273 e. The zero-order valence-corrected chi connectivity index (χ0v) is 9.59. The molecule has 1 aromatic carbocycles. The predicted molar refractivity (Wildman–Crippen MR) is 57.6 cm³/mol. The van der Waals surface area contributed by atoms with Crippen LogP contribution in [0.4, 0.5) is 5.69 Å². The summed E-state index contributed by atoms with van der Waals surface area (Å²) in [7, 11) is 0. The molecule has 0 saturated heterocycles. The van der Waals surface area contributed by atoms with Crippen molar-refractivity contribution in [2.75, 3.05) is 0 Å². The lowest BCUT2D eigenvalue weighted by molar-refractivity contribution is -0.385. The molecule has 0 aromatic heterocycles. The van der Waals surface area contributed by atoms with Crippen LogP contribution >= 0.6 is 28.3 Å². The second kappa shape index (κ2) is 5.14. The maximum atomic E-state index is 10.5. The van der Waals surface area contributed by atoms with E-state index < -0.39 is 4.92 Å². The molecule has 0 saturated carbocycles. The normalized spacial score (nSPS) is 9.07. The van der Waals surface area contributed by atoms with Crippen molar-refractivity contribution in [3.8, 4) is 5.75 Å². The first-order valence-corrected chi connectivity index (χ1v) is 4.17. The molecule has 7 heteroatoms. The number of nitro groups is 1. The van der Waals surface area contributed by atoms with Crippen molar-refractivity contribution in [1.29, 1.82) is 0 Å². The van der Waals surface area contributed by atoms with Crippen LogP contribution in [0.15, 0.2) is 16.6 Å². The van der Waals surface area contributed by atoms with Gasteiger partial charge in [0.2, 0.25) is 0 Å². The van der Waals surface area contributed by atoms with Gasteiger partial charge in [-0.05, 0) is 28.9 Å². The second-order valence-corrected chi connectivity index (χ2v) is 3.30. The molecule has 0 fully saturated rings. The van der Waals surface area contributed by atoms with Gasteiger partial charge in [-0.3, -0.25) is 10.1 Å². The third kappa shape index (κ3) is 2.57. The van der Waals surface area contributed by atoms with E-state index in [0.717, 1.165) is 0 Å². The summed E-state index contributed by atoms with van der Waals surface area (Å²) in [5.41, 5.74) is 0.543. The summed E-state index contributed by atoms with van der Waals surface area (Å²) in [6, 6.07) is 2.86. The number of halogens is 2. The van der Waals surface area contributed by atoms with Gasteiger partial charge in [0.15, 0.2) is 5.75 Å². The van der Waals surface area contributed by atoms with Gasteiger partial charge in [0.1, 0.15) is 0 Å². The van der Waals surface area contributed by atoms with Crippen molar-refractivity contribution in [1.82, 2.24) is 0 Å². The van der Waals surface area contributed by atoms with Crippen molar-refractivity contribution in [2.45, 2.75) is 6.92 Å². The molecule has 0 bridgehead atoms. The van der Waals surface area contributed by atoms with Gasteiger partial charge < -0.3 is 4.84 Å². The largest absolute Gasteiger partial charge is 0.410 e. The molecule has 0 spiro atoms. The molecule has 1 aromatic rings. The Balaban J connectivity index is 0.00000169. The van der Waals surface area contributed by atoms with E-state index in [9.17, 15) is 10.1 Å². The number of hydrogen-bond donors (Lipinski definition) is 1. The molecule has 0 aliphatic heterocycles. The molecular formula is C7H8BrClN2O3. The van der Waals surface area contributed by atoms with Crippen LogP contribution < -0.4 is 10.7 Å². The molecule has 0 aliphatic rings. The number of nitrogens with two attached hydrogens (primary N) is 1. The van der Waals surface area contributed by atoms with Crippen molar-refractivity contribution in [2.24, 2.45) is 5.90 Å². The number of nitro benzene ring substituents is 1. The van der Waals surface area contributed by atoms with Gasteiger partial charge in [0.05, 0.1) is 9.40 Å². The minimum Gasteiger partial charge on any atom is -0.410 e. The van der Waals surface area contributed by atoms with Gasteiger partial charge in [0.25, 0.3) is 5.69 Å². The molecule has 0 heterocycles. The van der Waals surface area contributed by atoms with E-state index in [4.69, 9.17) is 5.90 Å². The lowest BCUT2D eigenvalue weighted by atomic mass is 10.2. The Hall–Kier alpha value is -0.850. The molecule has 0 amide bonds. The topological polar surface area (TPSA) is 78.4 Å². The van der Waals surface area contributed by atoms with Gasteiger partial charge in [-0.1, -0.05) is 0 Å². The highest BCUT2D eigenvalue weighted by Crippen LogP contribution is 2.31. The molecule has 0 atom stereocenters. The summed E-state index contributed by atoms with van der Waals surface area (Å²) in [6.45, 7) is 1.62. The molecule has 2 N–H and O–H groups in total. The Labute approximate surface area is 94.9 Å². The zero-order valence-electron chi connectivity index (χ0n) is 7.19. The van der Waals surface area contributed by atoms with E-state index >= 15 is 0 Å². The van der Waals surface area contributed by atoms with Gasteiger partial charge in [-0.25, -0.2) is 0 Å². The van der Waals surface area contributed by atoms with Crippen molar-refractivity contribution < 1.29 is 9.76 Å².